The molecular weight excluding hydrogens is 178 g/mol. The van der Waals surface area contributed by atoms with Gasteiger partial charge < -0.3 is 5.43 Å². The van der Waals surface area contributed by atoms with E-state index in [-0.39, 0.29) is 6.54 Å². The highest BCUT2D eigenvalue weighted by Gasteiger charge is 1.88. The van der Waals surface area contributed by atoms with Crippen LogP contribution in [0.15, 0.2) is 29.4 Å². The van der Waals surface area contributed by atoms with Crippen molar-refractivity contribution in [2.45, 2.75) is 0 Å². The molecule has 0 aliphatic rings. The summed E-state index contributed by atoms with van der Waals surface area (Å²) in [6, 6.07) is 7.33. The van der Waals surface area contributed by atoms with Crippen LogP contribution >= 0.6 is 0 Å². The van der Waals surface area contributed by atoms with Gasteiger partial charge in [-0.05, 0) is 23.7 Å². The summed E-state index contributed by atoms with van der Waals surface area (Å²) in [6.45, 7) is 0.177. The first-order valence-corrected chi connectivity index (χ1v) is 3.93. The van der Waals surface area contributed by atoms with E-state index in [1.165, 1.54) is 0 Å². The minimum atomic E-state index is 0.177. The Kier molecular flexibility index (Phi) is 3.89. The van der Waals surface area contributed by atoms with Crippen molar-refractivity contribution in [1.29, 1.82) is 0 Å². The van der Waals surface area contributed by atoms with Gasteiger partial charge in [-0.3, -0.25) is 5.84 Å². The Morgan fingerprint density at radius 2 is 2.43 bits per heavy atom. The summed E-state index contributed by atoms with van der Waals surface area (Å²) >= 11 is 0. The molecule has 1 aromatic rings. The minimum Gasteiger partial charge on any atom is -0.324 e. The Bertz CT molecular complexity index is 409. The SMILES string of the molecule is [N-]=[N+]=NCC#Cc1cccc(NN)c1. The van der Waals surface area contributed by atoms with Crippen LogP contribution < -0.4 is 11.3 Å². The lowest BCUT2D eigenvalue weighted by molar-refractivity contribution is 1.25. The second kappa shape index (κ2) is 5.49. The van der Waals surface area contributed by atoms with Gasteiger partial charge in [-0.25, -0.2) is 0 Å². The number of nitrogen functional groups attached to an aromatic ring is 1. The second-order valence-electron chi connectivity index (χ2n) is 2.42. The lowest BCUT2D eigenvalue weighted by Crippen LogP contribution is -2.06. The van der Waals surface area contributed by atoms with Crippen LogP contribution in [0, 0.1) is 11.8 Å². The van der Waals surface area contributed by atoms with Gasteiger partial charge in [0.2, 0.25) is 0 Å². The molecule has 0 heterocycles. The van der Waals surface area contributed by atoms with Crippen LogP contribution in [0.5, 0.6) is 0 Å². The second-order valence-corrected chi connectivity index (χ2v) is 2.42. The molecule has 0 aliphatic carbocycles. The molecule has 1 rings (SSSR count). The highest BCUT2D eigenvalue weighted by molar-refractivity contribution is 5.49. The summed E-state index contributed by atoms with van der Waals surface area (Å²) in [6.07, 6.45) is 0. The van der Waals surface area contributed by atoms with Crippen molar-refractivity contribution in [3.05, 3.63) is 40.3 Å². The molecule has 0 amide bonds. The number of hydrogen-bond donors (Lipinski definition) is 2. The highest BCUT2D eigenvalue weighted by Crippen LogP contribution is 2.07. The third-order valence-electron chi connectivity index (χ3n) is 1.47. The molecule has 0 spiro atoms. The van der Waals surface area contributed by atoms with Gasteiger partial charge in [0.25, 0.3) is 0 Å². The van der Waals surface area contributed by atoms with Crippen molar-refractivity contribution < 1.29 is 0 Å². The number of azide groups is 1. The predicted molar refractivity (Wildman–Crippen MR) is 55.1 cm³/mol. The van der Waals surface area contributed by atoms with E-state index in [2.05, 4.69) is 27.3 Å². The van der Waals surface area contributed by atoms with Gasteiger partial charge in [0, 0.05) is 16.2 Å². The third-order valence-corrected chi connectivity index (χ3v) is 1.47. The predicted octanol–water partition coefficient (Wildman–Crippen LogP) is 1.63. The van der Waals surface area contributed by atoms with Gasteiger partial charge in [-0.2, -0.15) is 0 Å². The molecule has 5 nitrogen and oxygen atoms in total. The average molecular weight is 187 g/mol. The molecule has 70 valence electrons. The van der Waals surface area contributed by atoms with Gasteiger partial charge in [-0.15, -0.1) is 0 Å². The smallest absolute Gasteiger partial charge is 0.0880 e. The first kappa shape index (κ1) is 9.93. The third kappa shape index (κ3) is 3.07. The number of hydrogen-bond acceptors (Lipinski definition) is 3. The Morgan fingerprint density at radius 3 is 3.14 bits per heavy atom. The molecule has 14 heavy (non-hydrogen) atoms. The maximum absolute atomic E-state index is 8.01. The van der Waals surface area contributed by atoms with Crippen LogP contribution in [0.4, 0.5) is 5.69 Å². The number of nitrogens with two attached hydrogens (primary N) is 1. The maximum Gasteiger partial charge on any atom is 0.0880 e. The number of anilines is 1. The van der Waals surface area contributed by atoms with E-state index in [4.69, 9.17) is 11.4 Å². The molecule has 5 heteroatoms. The zero-order valence-corrected chi connectivity index (χ0v) is 7.44. The first-order valence-electron chi connectivity index (χ1n) is 3.93. The number of nitrogens with one attached hydrogen (secondary N) is 1. The average Bonchev–Trinajstić information content (AvgIpc) is 2.25. The van der Waals surface area contributed by atoms with Crippen LogP contribution in [-0.2, 0) is 0 Å². The van der Waals surface area contributed by atoms with E-state index < -0.39 is 0 Å². The molecule has 0 unspecified atom stereocenters. The molecule has 0 aromatic heterocycles. The van der Waals surface area contributed by atoms with Crippen molar-refractivity contribution in [1.82, 2.24) is 0 Å². The molecule has 1 aromatic carbocycles. The summed E-state index contributed by atoms with van der Waals surface area (Å²) in [5.74, 6) is 10.8. The molecular formula is C9H9N5. The fourth-order valence-electron chi connectivity index (χ4n) is 0.895. The summed E-state index contributed by atoms with van der Waals surface area (Å²) in [4.78, 5) is 2.59. The molecule has 0 aliphatic heterocycles. The van der Waals surface area contributed by atoms with Gasteiger partial charge in [0.1, 0.15) is 0 Å². The van der Waals surface area contributed by atoms with Gasteiger partial charge in [-0.1, -0.05) is 23.0 Å². The minimum absolute atomic E-state index is 0.177. The molecule has 0 bridgehead atoms. The molecule has 0 fully saturated rings. The normalized spacial score (nSPS) is 8.07. The van der Waals surface area contributed by atoms with Crippen LogP contribution in [0.1, 0.15) is 5.56 Å². The Balaban J connectivity index is 2.73. The summed E-state index contributed by atoms with van der Waals surface area (Å²) in [7, 11) is 0. The molecule has 0 saturated heterocycles. The number of rotatable bonds is 2. The quantitative estimate of drug-likeness (QED) is 0.184. The lowest BCUT2D eigenvalue weighted by atomic mass is 10.2. The van der Waals surface area contributed by atoms with E-state index in [9.17, 15) is 0 Å². The van der Waals surface area contributed by atoms with Crippen LogP contribution in [-0.4, -0.2) is 6.54 Å². The maximum atomic E-state index is 8.01. The zero-order chi connectivity index (χ0) is 10.2. The van der Waals surface area contributed by atoms with E-state index in [1.807, 2.05) is 24.3 Å². The Morgan fingerprint density at radius 1 is 1.57 bits per heavy atom. The van der Waals surface area contributed by atoms with Crippen LogP contribution in [0.3, 0.4) is 0 Å². The standard InChI is InChI=1S/C9H9N5/c10-13-9-5-1-3-8(7-9)4-2-6-12-14-11/h1,3,5,7,13H,6,10H2. The molecule has 0 atom stereocenters. The van der Waals surface area contributed by atoms with Crippen LogP contribution in [0.2, 0.25) is 0 Å². The van der Waals surface area contributed by atoms with E-state index >= 15 is 0 Å². The van der Waals surface area contributed by atoms with Crippen molar-refractivity contribution in [2.24, 2.45) is 11.0 Å². The van der Waals surface area contributed by atoms with Gasteiger partial charge in [0.05, 0.1) is 6.54 Å². The summed E-state index contributed by atoms with van der Waals surface area (Å²) in [5, 5.41) is 3.30. The van der Waals surface area contributed by atoms with Crippen molar-refractivity contribution >= 4 is 5.69 Å². The number of hydrazine groups is 1. The van der Waals surface area contributed by atoms with E-state index in [0.717, 1.165) is 11.3 Å². The Labute approximate surface area is 81.5 Å². The lowest BCUT2D eigenvalue weighted by Gasteiger charge is -1.98. The highest BCUT2D eigenvalue weighted by atomic mass is 15.2. The number of benzene rings is 1. The molecule has 3 N–H and O–H groups in total. The van der Waals surface area contributed by atoms with E-state index in [0.29, 0.717) is 0 Å². The van der Waals surface area contributed by atoms with Crippen LogP contribution in [0.25, 0.3) is 10.4 Å². The van der Waals surface area contributed by atoms with Crippen molar-refractivity contribution in [3.8, 4) is 11.8 Å². The molecule has 0 radical (unpaired) electrons. The zero-order valence-electron chi connectivity index (χ0n) is 7.44. The largest absolute Gasteiger partial charge is 0.324 e. The van der Waals surface area contributed by atoms with Crippen molar-refractivity contribution in [2.75, 3.05) is 12.0 Å². The van der Waals surface area contributed by atoms with Gasteiger partial charge >= 0.3 is 0 Å². The Hall–Kier alpha value is -2.15. The summed E-state index contributed by atoms with van der Waals surface area (Å²) < 4.78 is 0. The van der Waals surface area contributed by atoms with Crippen molar-refractivity contribution in [3.63, 3.8) is 0 Å². The molecule has 0 saturated carbocycles. The van der Waals surface area contributed by atoms with E-state index in [1.54, 1.807) is 0 Å². The fraction of sp³-hybridized carbons (Fsp3) is 0.111. The summed E-state index contributed by atoms with van der Waals surface area (Å²) in [5.41, 5.74) is 12.1. The monoisotopic (exact) mass is 187 g/mol. The first-order chi connectivity index (χ1) is 6.86. The fourth-order valence-corrected chi connectivity index (χ4v) is 0.895. The number of nitrogens with zero attached hydrogens (tertiary/aromatic N) is 3. The van der Waals surface area contributed by atoms with Gasteiger partial charge in [0.15, 0.2) is 0 Å². The topological polar surface area (TPSA) is 86.8 Å².